The van der Waals surface area contributed by atoms with Gasteiger partial charge in [-0.15, -0.1) is 0 Å². The molecule has 0 amide bonds. The summed E-state index contributed by atoms with van der Waals surface area (Å²) in [5.41, 5.74) is 2.79. The van der Waals surface area contributed by atoms with Gasteiger partial charge in [-0.1, -0.05) is 0 Å². The van der Waals surface area contributed by atoms with Crippen LogP contribution in [0, 0.1) is 0 Å². The van der Waals surface area contributed by atoms with E-state index in [1.807, 2.05) is 0 Å². The van der Waals surface area contributed by atoms with Crippen LogP contribution < -0.4 is 4.90 Å². The second kappa shape index (κ2) is 4.05. The van der Waals surface area contributed by atoms with Gasteiger partial charge in [-0.25, -0.2) is 0 Å². The van der Waals surface area contributed by atoms with E-state index in [1.165, 1.54) is 15.4 Å². The van der Waals surface area contributed by atoms with Crippen LogP contribution in [0.2, 0.25) is 0 Å². The molecular weight excluding hydrogens is 167 g/mol. The van der Waals surface area contributed by atoms with Gasteiger partial charge in [0.05, 0.1) is 0 Å². The molecule has 1 rings (SSSR count). The van der Waals surface area contributed by atoms with Crippen LogP contribution in [0.15, 0.2) is 24.3 Å². The first kappa shape index (κ1) is 8.98. The predicted molar refractivity (Wildman–Crippen MR) is 44.5 cm³/mol. The molecular formula is C9H12NSc. The van der Waals surface area contributed by atoms with E-state index in [9.17, 15) is 0 Å². The van der Waals surface area contributed by atoms with Gasteiger partial charge in [0, 0.05) is 0 Å². The quantitative estimate of drug-likeness (QED) is 0.669. The van der Waals surface area contributed by atoms with Crippen LogP contribution in [0.1, 0.15) is 5.56 Å². The number of anilines is 1. The van der Waals surface area contributed by atoms with E-state index in [4.69, 9.17) is 0 Å². The average Bonchev–Trinajstić information content (AvgIpc) is 2.04. The zero-order valence-electron chi connectivity index (χ0n) is 7.04. The van der Waals surface area contributed by atoms with Gasteiger partial charge in [0.2, 0.25) is 0 Å². The maximum atomic E-state index is 2.19. The van der Waals surface area contributed by atoms with Crippen LogP contribution in [0.5, 0.6) is 0 Å². The molecule has 0 aliphatic heterocycles. The van der Waals surface area contributed by atoms with E-state index in [1.54, 1.807) is 24.4 Å². The standard InChI is InChI=1S/C9H12N.Sc/c1-8-6-4-5-7-9(8)10(2)3;/h4-7H,1H2,2-3H3;. The van der Waals surface area contributed by atoms with Gasteiger partial charge in [0.1, 0.15) is 0 Å². The van der Waals surface area contributed by atoms with E-state index in [0.717, 1.165) is 0 Å². The molecule has 11 heavy (non-hydrogen) atoms. The predicted octanol–water partition coefficient (Wildman–Crippen LogP) is 1.80. The molecule has 0 saturated heterocycles. The molecule has 0 atom stereocenters. The summed E-state index contributed by atoms with van der Waals surface area (Å²) in [5, 5.41) is 0. The first-order valence-corrected chi connectivity index (χ1v) is 4.98. The average molecular weight is 179 g/mol. The molecule has 0 aliphatic carbocycles. The van der Waals surface area contributed by atoms with Crippen molar-refractivity contribution >= 4 is 5.69 Å². The summed E-state index contributed by atoms with van der Waals surface area (Å²) < 4.78 is 1.17. The second-order valence-corrected chi connectivity index (χ2v) is 3.36. The summed E-state index contributed by atoms with van der Waals surface area (Å²) in [6.07, 6.45) is 0. The molecule has 0 heterocycles. The van der Waals surface area contributed by atoms with E-state index in [-0.39, 0.29) is 0 Å². The molecule has 1 aromatic rings. The van der Waals surface area contributed by atoms with E-state index < -0.39 is 0 Å². The topological polar surface area (TPSA) is 3.24 Å². The molecule has 0 unspecified atom stereocenters. The molecule has 0 N–H and O–H groups in total. The van der Waals surface area contributed by atoms with Crippen molar-refractivity contribution in [3.8, 4) is 0 Å². The zero-order valence-corrected chi connectivity index (χ0v) is 8.84. The zero-order chi connectivity index (χ0) is 8.27. The molecule has 0 fully saturated rings. The van der Waals surface area contributed by atoms with E-state index in [2.05, 4.69) is 43.3 Å². The van der Waals surface area contributed by atoms with Gasteiger partial charge in [-0.05, 0) is 0 Å². The third-order valence-corrected chi connectivity index (χ3v) is 2.38. The van der Waals surface area contributed by atoms with Gasteiger partial charge in [0.25, 0.3) is 0 Å². The Labute approximate surface area is 83.0 Å². The van der Waals surface area contributed by atoms with Gasteiger partial charge >= 0.3 is 83.1 Å². The SMILES string of the molecule is CN(C)c1ccccc1[CH2][Sc]. The molecule has 0 spiro atoms. The Kier molecular flexibility index (Phi) is 3.31. The molecule has 1 aromatic carbocycles. The number of hydrogen-bond donors (Lipinski definition) is 0. The molecule has 0 saturated carbocycles. The van der Waals surface area contributed by atoms with Crippen LogP contribution in [-0.4, -0.2) is 14.1 Å². The summed E-state index contributed by atoms with van der Waals surface area (Å²) in [4.78, 5) is 2.16. The third-order valence-electron chi connectivity index (χ3n) is 1.69. The van der Waals surface area contributed by atoms with E-state index >= 15 is 0 Å². The summed E-state index contributed by atoms with van der Waals surface area (Å²) in [6.45, 7) is 0. The molecule has 0 bridgehead atoms. The fourth-order valence-electron chi connectivity index (χ4n) is 1.12. The summed E-state index contributed by atoms with van der Waals surface area (Å²) in [6, 6.07) is 8.54. The first-order chi connectivity index (χ1) is 5.25. The molecule has 2 heteroatoms. The third kappa shape index (κ3) is 2.16. The van der Waals surface area contributed by atoms with Gasteiger partial charge in [0.15, 0.2) is 0 Å². The normalized spacial score (nSPS) is 9.55. The Morgan fingerprint density at radius 2 is 1.91 bits per heavy atom. The van der Waals surface area contributed by atoms with Crippen LogP contribution in [0.25, 0.3) is 0 Å². The second-order valence-electron chi connectivity index (χ2n) is 2.73. The van der Waals surface area contributed by atoms with Gasteiger partial charge in [-0.3, -0.25) is 0 Å². The number of rotatable bonds is 2. The van der Waals surface area contributed by atoms with Crippen LogP contribution in [0.3, 0.4) is 0 Å². The number of para-hydroxylation sites is 1. The van der Waals surface area contributed by atoms with Crippen molar-refractivity contribution in [3.63, 3.8) is 0 Å². The molecule has 56 valence electrons. The van der Waals surface area contributed by atoms with Crippen molar-refractivity contribution in [2.45, 2.75) is 4.18 Å². The minimum atomic E-state index is 1.17. The Morgan fingerprint density at radius 1 is 1.27 bits per heavy atom. The van der Waals surface area contributed by atoms with E-state index in [0.29, 0.717) is 0 Å². The van der Waals surface area contributed by atoms with Crippen molar-refractivity contribution in [3.05, 3.63) is 29.8 Å². The van der Waals surface area contributed by atoms with Crippen LogP contribution >= 0.6 is 0 Å². The molecule has 1 nitrogen and oxygen atoms in total. The fraction of sp³-hybridized carbons (Fsp3) is 0.333. The van der Waals surface area contributed by atoms with Crippen LogP contribution in [0.4, 0.5) is 5.69 Å². The van der Waals surface area contributed by atoms with Gasteiger partial charge in [-0.2, -0.15) is 0 Å². The summed E-state index contributed by atoms with van der Waals surface area (Å²) >= 11 is 1.76. The van der Waals surface area contributed by atoms with Gasteiger partial charge < -0.3 is 0 Å². The minimum absolute atomic E-state index is 1.17. The molecule has 0 aromatic heterocycles. The summed E-state index contributed by atoms with van der Waals surface area (Å²) in [5.74, 6) is 0. The summed E-state index contributed by atoms with van der Waals surface area (Å²) in [7, 11) is 4.17. The maximum absolute atomic E-state index is 2.19. The Morgan fingerprint density at radius 3 is 2.36 bits per heavy atom. The van der Waals surface area contributed by atoms with Crippen molar-refractivity contribution < 1.29 is 24.4 Å². The number of benzene rings is 1. The Bertz CT molecular complexity index is 233. The monoisotopic (exact) mass is 179 g/mol. The molecule has 0 radical (unpaired) electrons. The van der Waals surface area contributed by atoms with Crippen molar-refractivity contribution in [1.29, 1.82) is 0 Å². The molecule has 0 aliphatic rings. The van der Waals surface area contributed by atoms with Crippen molar-refractivity contribution in [2.75, 3.05) is 19.0 Å². The Hall–Kier alpha value is -0.110. The van der Waals surface area contributed by atoms with Crippen molar-refractivity contribution in [2.24, 2.45) is 0 Å². The number of hydrogen-bond acceptors (Lipinski definition) is 1. The Balaban J connectivity index is 3.02. The van der Waals surface area contributed by atoms with Crippen molar-refractivity contribution in [1.82, 2.24) is 0 Å². The number of nitrogens with zero attached hydrogens (tertiary/aromatic N) is 1. The fourth-order valence-corrected chi connectivity index (χ4v) is 1.66. The first-order valence-electron chi connectivity index (χ1n) is 3.71. The van der Waals surface area contributed by atoms with Crippen LogP contribution in [-0.2, 0) is 28.6 Å².